The summed E-state index contributed by atoms with van der Waals surface area (Å²) in [6, 6.07) is 4.81. The molecule has 0 unspecified atom stereocenters. The molecule has 96 valence electrons. The molecule has 0 saturated carbocycles. The largest absolute Gasteiger partial charge is 0.369 e. The lowest BCUT2D eigenvalue weighted by molar-refractivity contribution is 0.622. The van der Waals surface area contributed by atoms with Gasteiger partial charge in [0.25, 0.3) is 0 Å². The first kappa shape index (κ1) is 12.0. The van der Waals surface area contributed by atoms with Crippen LogP contribution < -0.4 is 5.73 Å². The number of benzene rings is 1. The van der Waals surface area contributed by atoms with Crippen LogP contribution >= 0.6 is 15.9 Å². The third-order valence-corrected chi connectivity index (χ3v) is 3.39. The van der Waals surface area contributed by atoms with Crippen LogP contribution in [0.5, 0.6) is 0 Å². The van der Waals surface area contributed by atoms with Crippen LogP contribution in [0.2, 0.25) is 0 Å². The Morgan fingerprint density at radius 3 is 2.95 bits per heavy atom. The van der Waals surface area contributed by atoms with Gasteiger partial charge in [-0.1, -0.05) is 0 Å². The summed E-state index contributed by atoms with van der Waals surface area (Å²) < 4.78 is 15.6. The first-order valence-corrected chi connectivity index (χ1v) is 6.30. The maximum atomic E-state index is 13.5. The van der Waals surface area contributed by atoms with Crippen molar-refractivity contribution >= 4 is 32.9 Å². The van der Waals surface area contributed by atoms with Gasteiger partial charge in [0.15, 0.2) is 0 Å². The van der Waals surface area contributed by atoms with Gasteiger partial charge in [-0.2, -0.15) is 0 Å². The zero-order valence-corrected chi connectivity index (χ0v) is 11.3. The molecule has 0 aliphatic rings. The standard InChI is InChI=1S/C12H9BrFN5/c13-8-3-11-10(4-9(8)14)18-12(15)19(11)5-7-1-2-16-6-17-7/h1-4,6H,5H2,(H2,15,18). The fraction of sp³-hybridized carbons (Fsp3) is 0.0833. The molecular weight excluding hydrogens is 313 g/mol. The van der Waals surface area contributed by atoms with E-state index in [2.05, 4.69) is 30.9 Å². The van der Waals surface area contributed by atoms with Crippen molar-refractivity contribution in [1.29, 1.82) is 0 Å². The Morgan fingerprint density at radius 1 is 1.37 bits per heavy atom. The van der Waals surface area contributed by atoms with Crippen LogP contribution in [0.15, 0.2) is 35.2 Å². The lowest BCUT2D eigenvalue weighted by atomic mass is 10.3. The Morgan fingerprint density at radius 2 is 2.21 bits per heavy atom. The number of nitrogens with two attached hydrogens (primary N) is 1. The number of anilines is 1. The molecule has 3 aromatic rings. The van der Waals surface area contributed by atoms with E-state index >= 15 is 0 Å². The van der Waals surface area contributed by atoms with Crippen molar-refractivity contribution in [2.24, 2.45) is 0 Å². The fourth-order valence-electron chi connectivity index (χ4n) is 1.88. The van der Waals surface area contributed by atoms with Crippen LogP contribution in [0.3, 0.4) is 0 Å². The van der Waals surface area contributed by atoms with Gasteiger partial charge >= 0.3 is 0 Å². The van der Waals surface area contributed by atoms with Crippen molar-refractivity contribution in [2.45, 2.75) is 6.54 Å². The molecule has 0 atom stereocenters. The number of nitrogens with zero attached hydrogens (tertiary/aromatic N) is 4. The van der Waals surface area contributed by atoms with E-state index in [9.17, 15) is 4.39 Å². The highest BCUT2D eigenvalue weighted by molar-refractivity contribution is 9.10. The van der Waals surface area contributed by atoms with Gasteiger partial charge in [-0.25, -0.2) is 19.3 Å². The predicted molar refractivity (Wildman–Crippen MR) is 72.9 cm³/mol. The van der Waals surface area contributed by atoms with Gasteiger partial charge < -0.3 is 10.3 Å². The molecule has 7 heteroatoms. The fourth-order valence-corrected chi connectivity index (χ4v) is 2.21. The van der Waals surface area contributed by atoms with Crippen molar-refractivity contribution in [3.8, 4) is 0 Å². The first-order chi connectivity index (χ1) is 9.15. The van der Waals surface area contributed by atoms with Crippen molar-refractivity contribution in [3.05, 3.63) is 46.7 Å². The van der Waals surface area contributed by atoms with Gasteiger partial charge in [-0.05, 0) is 28.1 Å². The Bertz CT molecular complexity index is 741. The summed E-state index contributed by atoms with van der Waals surface area (Å²) in [5.74, 6) is -0.0368. The van der Waals surface area contributed by atoms with E-state index in [-0.39, 0.29) is 5.82 Å². The molecule has 0 spiro atoms. The molecule has 3 rings (SSSR count). The van der Waals surface area contributed by atoms with E-state index in [1.165, 1.54) is 12.4 Å². The van der Waals surface area contributed by atoms with E-state index in [1.807, 2.05) is 0 Å². The van der Waals surface area contributed by atoms with Crippen molar-refractivity contribution in [3.63, 3.8) is 0 Å². The number of halogens is 2. The van der Waals surface area contributed by atoms with Gasteiger partial charge in [0.1, 0.15) is 12.1 Å². The molecule has 0 aliphatic carbocycles. The van der Waals surface area contributed by atoms with Crippen molar-refractivity contribution in [1.82, 2.24) is 19.5 Å². The molecule has 5 nitrogen and oxygen atoms in total. The monoisotopic (exact) mass is 321 g/mol. The van der Waals surface area contributed by atoms with E-state index in [0.29, 0.717) is 22.5 Å². The number of fused-ring (bicyclic) bond motifs is 1. The summed E-state index contributed by atoms with van der Waals surface area (Å²) in [6.07, 6.45) is 3.13. The quantitative estimate of drug-likeness (QED) is 0.786. The van der Waals surface area contributed by atoms with E-state index < -0.39 is 0 Å². The van der Waals surface area contributed by atoms with Crippen molar-refractivity contribution < 1.29 is 4.39 Å². The molecular formula is C12H9BrFN5. The predicted octanol–water partition coefficient (Wildman–Crippen LogP) is 2.36. The second kappa shape index (κ2) is 4.58. The normalized spacial score (nSPS) is 11.1. The number of nitrogen functional groups attached to an aromatic ring is 1. The third-order valence-electron chi connectivity index (χ3n) is 2.78. The molecule has 19 heavy (non-hydrogen) atoms. The summed E-state index contributed by atoms with van der Waals surface area (Å²) in [5, 5.41) is 0. The van der Waals surface area contributed by atoms with Gasteiger partial charge in [-0.3, -0.25) is 0 Å². The van der Waals surface area contributed by atoms with Gasteiger partial charge in [0.05, 0.1) is 27.7 Å². The van der Waals surface area contributed by atoms with E-state index in [0.717, 1.165) is 11.2 Å². The highest BCUT2D eigenvalue weighted by Crippen LogP contribution is 2.25. The maximum Gasteiger partial charge on any atom is 0.201 e. The second-order valence-corrected chi connectivity index (χ2v) is 4.87. The van der Waals surface area contributed by atoms with Crippen LogP contribution in [0.4, 0.5) is 10.3 Å². The average molecular weight is 322 g/mol. The highest BCUT2D eigenvalue weighted by Gasteiger charge is 2.12. The Balaban J connectivity index is 2.13. The minimum absolute atomic E-state index is 0.325. The SMILES string of the molecule is Nc1nc2cc(F)c(Br)cc2n1Cc1ccncn1. The summed E-state index contributed by atoms with van der Waals surface area (Å²) in [5.41, 5.74) is 7.95. The van der Waals surface area contributed by atoms with Gasteiger partial charge in [0.2, 0.25) is 5.95 Å². The Labute approximate surface area is 116 Å². The van der Waals surface area contributed by atoms with Gasteiger partial charge in [0, 0.05) is 12.3 Å². The van der Waals surface area contributed by atoms with Crippen LogP contribution in [0.25, 0.3) is 11.0 Å². The Kier molecular flexibility index (Phi) is 2.90. The third kappa shape index (κ3) is 2.17. The molecule has 0 saturated heterocycles. The Hall–Kier alpha value is -2.02. The second-order valence-electron chi connectivity index (χ2n) is 4.01. The number of hydrogen-bond acceptors (Lipinski definition) is 4. The lowest BCUT2D eigenvalue weighted by Crippen LogP contribution is -2.06. The average Bonchev–Trinajstić information content (AvgIpc) is 2.68. The smallest absolute Gasteiger partial charge is 0.201 e. The number of hydrogen-bond donors (Lipinski definition) is 1. The molecule has 0 fully saturated rings. The summed E-state index contributed by atoms with van der Waals surface area (Å²) in [6.45, 7) is 0.461. The topological polar surface area (TPSA) is 69.6 Å². The maximum absolute atomic E-state index is 13.5. The van der Waals surface area contributed by atoms with Crippen LogP contribution in [-0.4, -0.2) is 19.5 Å². The van der Waals surface area contributed by atoms with E-state index in [1.54, 1.807) is 22.9 Å². The van der Waals surface area contributed by atoms with Crippen LogP contribution in [0.1, 0.15) is 5.69 Å². The van der Waals surface area contributed by atoms with E-state index in [4.69, 9.17) is 5.73 Å². The molecule has 2 aromatic heterocycles. The summed E-state index contributed by atoms with van der Waals surface area (Å²) in [4.78, 5) is 12.1. The zero-order valence-electron chi connectivity index (χ0n) is 9.72. The minimum Gasteiger partial charge on any atom is -0.369 e. The van der Waals surface area contributed by atoms with Gasteiger partial charge in [-0.15, -0.1) is 0 Å². The highest BCUT2D eigenvalue weighted by atomic mass is 79.9. The number of rotatable bonds is 2. The molecule has 0 bridgehead atoms. The molecule has 0 radical (unpaired) electrons. The summed E-state index contributed by atoms with van der Waals surface area (Å²) in [7, 11) is 0. The van der Waals surface area contributed by atoms with Crippen molar-refractivity contribution in [2.75, 3.05) is 5.73 Å². The van der Waals surface area contributed by atoms with Crippen LogP contribution in [0, 0.1) is 5.82 Å². The minimum atomic E-state index is -0.362. The molecule has 0 aliphatic heterocycles. The zero-order chi connectivity index (χ0) is 13.4. The summed E-state index contributed by atoms with van der Waals surface area (Å²) >= 11 is 3.16. The molecule has 2 N–H and O–H groups in total. The molecule has 0 amide bonds. The molecule has 1 aromatic carbocycles. The number of aromatic nitrogens is 4. The lowest BCUT2D eigenvalue weighted by Gasteiger charge is -2.05. The first-order valence-electron chi connectivity index (χ1n) is 5.51. The van der Waals surface area contributed by atoms with Crippen LogP contribution in [-0.2, 0) is 6.54 Å². The number of imidazole rings is 1. The molecule has 2 heterocycles.